The van der Waals surface area contributed by atoms with Crippen LogP contribution >= 0.6 is 0 Å². The first-order valence-electron chi connectivity index (χ1n) is 11.6. The normalized spacial score (nSPS) is 18.0. The van der Waals surface area contributed by atoms with Crippen molar-refractivity contribution in [2.75, 3.05) is 19.0 Å². The van der Waals surface area contributed by atoms with Crippen LogP contribution < -0.4 is 19.5 Å². The van der Waals surface area contributed by atoms with E-state index in [1.807, 2.05) is 48.1 Å². The van der Waals surface area contributed by atoms with Crippen LogP contribution in [0.1, 0.15) is 41.3 Å². The van der Waals surface area contributed by atoms with Gasteiger partial charge in [0.15, 0.2) is 11.5 Å². The largest absolute Gasteiger partial charge is 0.493 e. The van der Waals surface area contributed by atoms with E-state index in [0.29, 0.717) is 24.1 Å². The quantitative estimate of drug-likeness (QED) is 0.445. The molecule has 0 amide bonds. The minimum atomic E-state index is -0.403. The van der Waals surface area contributed by atoms with Gasteiger partial charge in [-0.05, 0) is 49.7 Å². The number of pyridine rings is 1. The first-order valence-corrected chi connectivity index (χ1v) is 11.6. The third-order valence-corrected chi connectivity index (χ3v) is 6.36. The molecule has 6 rings (SSSR count). The Morgan fingerprint density at radius 1 is 1.09 bits per heavy atom. The van der Waals surface area contributed by atoms with Crippen LogP contribution in [-0.2, 0) is 0 Å². The van der Waals surface area contributed by atoms with E-state index in [4.69, 9.17) is 14.2 Å². The molecule has 0 bridgehead atoms. The maximum Gasteiger partial charge on any atom is 0.226 e. The summed E-state index contributed by atoms with van der Waals surface area (Å²) in [6.07, 6.45) is 4.80. The van der Waals surface area contributed by atoms with Crippen LogP contribution in [0.5, 0.6) is 17.2 Å². The Labute approximate surface area is 203 Å². The summed E-state index contributed by atoms with van der Waals surface area (Å²) in [6.45, 7) is 4.59. The van der Waals surface area contributed by atoms with Crippen LogP contribution in [0.15, 0.2) is 72.8 Å². The van der Waals surface area contributed by atoms with Crippen molar-refractivity contribution in [2.24, 2.45) is 0 Å². The number of methoxy groups -OCH3 is 1. The van der Waals surface area contributed by atoms with Gasteiger partial charge in [0.25, 0.3) is 0 Å². The topological polar surface area (TPSA) is 83.3 Å². The molecule has 0 unspecified atom stereocenters. The van der Waals surface area contributed by atoms with Crippen molar-refractivity contribution in [3.63, 3.8) is 0 Å². The summed E-state index contributed by atoms with van der Waals surface area (Å²) in [6, 6.07) is 15.9. The molecule has 8 heteroatoms. The van der Waals surface area contributed by atoms with Crippen molar-refractivity contribution >= 4 is 11.6 Å². The van der Waals surface area contributed by atoms with Gasteiger partial charge >= 0.3 is 0 Å². The van der Waals surface area contributed by atoms with Crippen molar-refractivity contribution in [1.29, 1.82) is 0 Å². The molecule has 2 aromatic carbocycles. The SMILES string of the molecule is CCOc1ccc([C@H]2Oc3ccc(C)cc3C3=C2[C@@H](c2cccnc2)n2ncnc2N3)cc1OC. The molecule has 2 aliphatic heterocycles. The number of hydrogen-bond donors (Lipinski definition) is 1. The van der Waals surface area contributed by atoms with Crippen LogP contribution in [0.4, 0.5) is 5.95 Å². The second kappa shape index (κ2) is 8.47. The summed E-state index contributed by atoms with van der Waals surface area (Å²) < 4.78 is 20.0. The van der Waals surface area contributed by atoms with Gasteiger partial charge in [-0.2, -0.15) is 10.1 Å². The van der Waals surface area contributed by atoms with E-state index in [2.05, 4.69) is 45.5 Å². The smallest absolute Gasteiger partial charge is 0.226 e. The lowest BCUT2D eigenvalue weighted by Gasteiger charge is -2.39. The molecule has 1 N–H and O–H groups in total. The zero-order chi connectivity index (χ0) is 23.9. The molecule has 4 heterocycles. The summed E-state index contributed by atoms with van der Waals surface area (Å²) in [5.74, 6) is 2.84. The van der Waals surface area contributed by atoms with Gasteiger partial charge < -0.3 is 19.5 Å². The van der Waals surface area contributed by atoms with Gasteiger partial charge in [-0.25, -0.2) is 4.68 Å². The third-order valence-electron chi connectivity index (χ3n) is 6.36. The first kappa shape index (κ1) is 21.2. The van der Waals surface area contributed by atoms with Gasteiger partial charge in [0.1, 0.15) is 24.2 Å². The molecule has 0 fully saturated rings. The van der Waals surface area contributed by atoms with Gasteiger partial charge in [-0.1, -0.05) is 23.8 Å². The maximum atomic E-state index is 6.71. The minimum absolute atomic E-state index is 0.256. The lowest BCUT2D eigenvalue weighted by atomic mass is 9.84. The summed E-state index contributed by atoms with van der Waals surface area (Å²) >= 11 is 0. The number of anilines is 1. The summed E-state index contributed by atoms with van der Waals surface area (Å²) in [7, 11) is 1.65. The van der Waals surface area contributed by atoms with E-state index >= 15 is 0 Å². The Morgan fingerprint density at radius 2 is 2.00 bits per heavy atom. The van der Waals surface area contributed by atoms with E-state index < -0.39 is 6.10 Å². The predicted octanol–water partition coefficient (Wildman–Crippen LogP) is 4.95. The molecule has 176 valence electrons. The Hall–Kier alpha value is -4.33. The van der Waals surface area contributed by atoms with Crippen LogP contribution in [0, 0.1) is 6.92 Å². The highest BCUT2D eigenvalue weighted by Gasteiger charge is 2.41. The van der Waals surface area contributed by atoms with Crippen molar-refractivity contribution in [2.45, 2.75) is 26.0 Å². The number of nitrogens with one attached hydrogen (secondary N) is 1. The summed E-state index contributed by atoms with van der Waals surface area (Å²) in [5.41, 5.74) is 6.09. The van der Waals surface area contributed by atoms with Crippen LogP contribution in [0.2, 0.25) is 0 Å². The van der Waals surface area contributed by atoms with Crippen molar-refractivity contribution in [3.05, 3.63) is 95.1 Å². The molecule has 0 aliphatic carbocycles. The Balaban J connectivity index is 1.59. The summed E-state index contributed by atoms with van der Waals surface area (Å²) in [5, 5.41) is 8.10. The first-order chi connectivity index (χ1) is 17.2. The Kier molecular flexibility index (Phi) is 5.13. The lowest BCUT2D eigenvalue weighted by molar-refractivity contribution is 0.222. The molecule has 4 aromatic rings. The van der Waals surface area contributed by atoms with Crippen molar-refractivity contribution in [3.8, 4) is 17.2 Å². The average Bonchev–Trinajstić information content (AvgIpc) is 3.36. The van der Waals surface area contributed by atoms with Gasteiger partial charge in [0.2, 0.25) is 5.95 Å². The van der Waals surface area contributed by atoms with Gasteiger partial charge in [0.05, 0.1) is 19.4 Å². The van der Waals surface area contributed by atoms with Gasteiger partial charge in [0, 0.05) is 29.1 Å². The standard InChI is InChI=1S/C27H25N5O3/c1-4-34-21-10-8-17(13-22(21)33-3)26-23-24(19-12-16(2)7-9-20(19)35-26)31-27-29-15-30-32(27)25(23)18-6-5-11-28-14-18/h5-15,25-26H,4H2,1-3H3,(H,29,30,31)/t25-,26-/m1/s1. The van der Waals surface area contributed by atoms with Crippen LogP contribution in [0.25, 0.3) is 5.70 Å². The number of rotatable bonds is 5. The fourth-order valence-electron chi connectivity index (χ4n) is 4.84. The van der Waals surface area contributed by atoms with Crippen LogP contribution in [0.3, 0.4) is 0 Å². The summed E-state index contributed by atoms with van der Waals surface area (Å²) in [4.78, 5) is 8.87. The van der Waals surface area contributed by atoms with E-state index in [9.17, 15) is 0 Å². The second-order valence-electron chi connectivity index (χ2n) is 8.51. The molecule has 2 atom stereocenters. The molecular weight excluding hydrogens is 442 g/mol. The third kappa shape index (κ3) is 3.49. The predicted molar refractivity (Wildman–Crippen MR) is 132 cm³/mol. The molecule has 0 saturated carbocycles. The Morgan fingerprint density at radius 3 is 2.80 bits per heavy atom. The average molecular weight is 468 g/mol. The van der Waals surface area contributed by atoms with Gasteiger partial charge in [-0.15, -0.1) is 0 Å². The molecule has 0 radical (unpaired) electrons. The van der Waals surface area contributed by atoms with E-state index in [0.717, 1.165) is 39.3 Å². The molecule has 2 aromatic heterocycles. The highest BCUT2D eigenvalue weighted by atomic mass is 16.5. The molecule has 0 spiro atoms. The Bertz CT molecular complexity index is 1430. The number of nitrogens with zero attached hydrogens (tertiary/aromatic N) is 4. The molecule has 35 heavy (non-hydrogen) atoms. The zero-order valence-corrected chi connectivity index (χ0v) is 19.7. The van der Waals surface area contributed by atoms with Crippen LogP contribution in [-0.4, -0.2) is 33.5 Å². The fourth-order valence-corrected chi connectivity index (χ4v) is 4.84. The van der Waals surface area contributed by atoms with E-state index in [1.165, 1.54) is 0 Å². The van der Waals surface area contributed by atoms with Crippen molar-refractivity contribution in [1.82, 2.24) is 19.7 Å². The zero-order valence-electron chi connectivity index (χ0n) is 19.7. The molecular formula is C27H25N5O3. The number of aryl methyl sites for hydroxylation is 1. The molecule has 2 aliphatic rings. The monoisotopic (exact) mass is 467 g/mol. The lowest BCUT2D eigenvalue weighted by Crippen LogP contribution is -2.32. The number of fused-ring (bicyclic) bond motifs is 3. The highest BCUT2D eigenvalue weighted by molar-refractivity contribution is 5.85. The number of aromatic nitrogens is 4. The number of ether oxygens (including phenoxy) is 3. The molecule has 8 nitrogen and oxygen atoms in total. The van der Waals surface area contributed by atoms with E-state index in [1.54, 1.807) is 19.6 Å². The minimum Gasteiger partial charge on any atom is -0.493 e. The van der Waals surface area contributed by atoms with E-state index in [-0.39, 0.29) is 6.04 Å². The second-order valence-corrected chi connectivity index (χ2v) is 8.51. The maximum absolute atomic E-state index is 6.71. The highest BCUT2D eigenvalue weighted by Crippen LogP contribution is 2.51. The van der Waals surface area contributed by atoms with Gasteiger partial charge in [-0.3, -0.25) is 4.98 Å². The number of hydrogen-bond acceptors (Lipinski definition) is 7. The molecule has 0 saturated heterocycles. The van der Waals surface area contributed by atoms with Crippen molar-refractivity contribution < 1.29 is 14.2 Å². The fraction of sp³-hybridized carbons (Fsp3) is 0.222. The number of benzene rings is 2.